The zero-order valence-corrected chi connectivity index (χ0v) is 27.0. The molecular weight excluding hydrogens is 567 g/mol. The number of nitrogens with zero attached hydrogens (tertiary/aromatic N) is 2. The minimum absolute atomic E-state index is 0.135. The second kappa shape index (κ2) is 9.39. The topological polar surface area (TPSA) is 8.17 Å². The summed E-state index contributed by atoms with van der Waals surface area (Å²) in [5.41, 5.74) is 17.2. The molecule has 1 aromatic heterocycles. The van der Waals surface area contributed by atoms with Crippen molar-refractivity contribution < 1.29 is 0 Å². The highest BCUT2D eigenvalue weighted by atomic mass is 15.2. The molecule has 2 aliphatic carbocycles. The molecule has 5 aromatic carbocycles. The van der Waals surface area contributed by atoms with Gasteiger partial charge in [-0.25, -0.2) is 0 Å². The number of hydrogen-bond donors (Lipinski definition) is 0. The van der Waals surface area contributed by atoms with E-state index in [0.29, 0.717) is 0 Å². The van der Waals surface area contributed by atoms with Gasteiger partial charge in [0.15, 0.2) is 0 Å². The van der Waals surface area contributed by atoms with E-state index < -0.39 is 0 Å². The summed E-state index contributed by atoms with van der Waals surface area (Å²) in [5.74, 6) is 0. The maximum atomic E-state index is 2.66. The van der Waals surface area contributed by atoms with E-state index >= 15 is 0 Å². The highest BCUT2D eigenvalue weighted by Crippen LogP contribution is 2.55. The molecule has 4 aliphatic rings. The number of para-hydroxylation sites is 2. The molecule has 3 heterocycles. The fourth-order valence-corrected chi connectivity index (χ4v) is 9.39. The molecule has 224 valence electrons. The van der Waals surface area contributed by atoms with Gasteiger partial charge in [0.25, 0.3) is 0 Å². The van der Waals surface area contributed by atoms with Crippen LogP contribution in [0, 0.1) is 0 Å². The van der Waals surface area contributed by atoms with Crippen molar-refractivity contribution in [2.24, 2.45) is 0 Å². The number of anilines is 2. The Morgan fingerprint density at radius 1 is 0.681 bits per heavy atom. The lowest BCUT2D eigenvalue weighted by Crippen LogP contribution is -2.56. The molecule has 10 rings (SSSR count). The van der Waals surface area contributed by atoms with Crippen LogP contribution in [0.15, 0.2) is 151 Å². The molecule has 0 spiro atoms. The van der Waals surface area contributed by atoms with Crippen molar-refractivity contribution in [2.45, 2.75) is 38.0 Å². The number of rotatable bonds is 3. The quantitative estimate of drug-likeness (QED) is 0.183. The van der Waals surface area contributed by atoms with Crippen LogP contribution in [0.1, 0.15) is 44.0 Å². The molecule has 6 aromatic rings. The standard InChI is InChI=1S/C44H35BN2/c1-43(2)33-23-12-11-21-31(33)40-41(43)45-34-24-15-22-32-37(29-17-7-4-8-18-29)42(44(3)27-13-6-14-28-44)47(39(32)34)36-26-16-25-35(38(36)45)46(40)30-19-9-5-10-20-30/h4-27H,28H2,1-3H3. The lowest BCUT2D eigenvalue weighted by Gasteiger charge is -2.43. The van der Waals surface area contributed by atoms with Gasteiger partial charge in [-0.05, 0) is 52.7 Å². The number of benzene rings is 5. The van der Waals surface area contributed by atoms with Gasteiger partial charge < -0.3 is 9.47 Å². The van der Waals surface area contributed by atoms with Gasteiger partial charge in [-0.3, -0.25) is 0 Å². The van der Waals surface area contributed by atoms with E-state index in [9.17, 15) is 0 Å². The molecule has 2 nitrogen and oxygen atoms in total. The smallest absolute Gasteiger partial charge is 0.248 e. The summed E-state index contributed by atoms with van der Waals surface area (Å²) < 4.78 is 2.66. The van der Waals surface area contributed by atoms with E-state index in [-0.39, 0.29) is 17.5 Å². The molecule has 1 unspecified atom stereocenters. The normalized spacial score (nSPS) is 19.6. The predicted molar refractivity (Wildman–Crippen MR) is 199 cm³/mol. The summed E-state index contributed by atoms with van der Waals surface area (Å²) in [7, 11) is 0. The van der Waals surface area contributed by atoms with Gasteiger partial charge in [0, 0.05) is 61.3 Å². The minimum atomic E-state index is -0.174. The number of aromatic nitrogens is 1. The van der Waals surface area contributed by atoms with Crippen molar-refractivity contribution in [1.82, 2.24) is 4.57 Å². The molecule has 0 N–H and O–H groups in total. The van der Waals surface area contributed by atoms with Crippen LogP contribution in [-0.2, 0) is 10.8 Å². The third-order valence-electron chi connectivity index (χ3n) is 11.3. The second-order valence-electron chi connectivity index (χ2n) is 14.3. The Hall–Kier alpha value is -5.28. The number of fused-ring (bicyclic) bond motifs is 5. The molecule has 2 aliphatic heterocycles. The molecule has 0 amide bonds. The maximum Gasteiger partial charge on any atom is 0.248 e. The van der Waals surface area contributed by atoms with Crippen molar-refractivity contribution in [3.8, 4) is 16.8 Å². The van der Waals surface area contributed by atoms with Crippen molar-refractivity contribution in [3.63, 3.8) is 0 Å². The predicted octanol–water partition coefficient (Wildman–Crippen LogP) is 9.39. The first-order chi connectivity index (χ1) is 23.0. The van der Waals surface area contributed by atoms with E-state index in [1.165, 1.54) is 78.0 Å². The van der Waals surface area contributed by atoms with Gasteiger partial charge in [-0.15, -0.1) is 0 Å². The molecule has 0 saturated heterocycles. The molecule has 0 fully saturated rings. The van der Waals surface area contributed by atoms with Crippen LogP contribution in [0.3, 0.4) is 0 Å². The van der Waals surface area contributed by atoms with E-state index in [2.05, 4.69) is 176 Å². The SMILES string of the molecule is CC1(c2c(-c3ccccc3)c3cccc4c3n2-c2cccc3c2B4C2=C(c4ccccc4C2(C)C)N3c2ccccc2)C=CC=CC1. The first-order valence-corrected chi connectivity index (χ1v) is 16.9. The Balaban J connectivity index is 1.39. The molecule has 0 saturated carbocycles. The average molecular weight is 603 g/mol. The van der Waals surface area contributed by atoms with E-state index in [1.807, 2.05) is 0 Å². The minimum Gasteiger partial charge on any atom is -0.313 e. The summed E-state index contributed by atoms with van der Waals surface area (Å²) in [6, 6.07) is 45.3. The molecule has 3 heteroatoms. The van der Waals surface area contributed by atoms with E-state index in [4.69, 9.17) is 0 Å². The first kappa shape index (κ1) is 26.9. The van der Waals surface area contributed by atoms with Gasteiger partial charge in [0.1, 0.15) is 0 Å². The van der Waals surface area contributed by atoms with Crippen LogP contribution in [-0.4, -0.2) is 11.3 Å². The summed E-state index contributed by atoms with van der Waals surface area (Å²) >= 11 is 0. The van der Waals surface area contributed by atoms with E-state index in [0.717, 1.165) is 6.42 Å². The summed E-state index contributed by atoms with van der Waals surface area (Å²) in [5, 5.41) is 1.34. The first-order valence-electron chi connectivity index (χ1n) is 16.9. The zero-order valence-electron chi connectivity index (χ0n) is 27.0. The molecule has 47 heavy (non-hydrogen) atoms. The van der Waals surface area contributed by atoms with Gasteiger partial charge in [-0.1, -0.05) is 148 Å². The van der Waals surface area contributed by atoms with Crippen molar-refractivity contribution in [1.29, 1.82) is 0 Å². The third-order valence-corrected chi connectivity index (χ3v) is 11.3. The van der Waals surface area contributed by atoms with Crippen LogP contribution >= 0.6 is 0 Å². The highest BCUT2D eigenvalue weighted by molar-refractivity contribution is 6.96. The Labute approximate surface area is 277 Å². The summed E-state index contributed by atoms with van der Waals surface area (Å²) in [6.45, 7) is 7.45. The summed E-state index contributed by atoms with van der Waals surface area (Å²) in [4.78, 5) is 2.57. The average Bonchev–Trinajstić information content (AvgIpc) is 3.59. The largest absolute Gasteiger partial charge is 0.313 e. The maximum absolute atomic E-state index is 2.66. The second-order valence-corrected chi connectivity index (χ2v) is 14.3. The number of hydrogen-bond acceptors (Lipinski definition) is 1. The molecule has 0 radical (unpaired) electrons. The van der Waals surface area contributed by atoms with Crippen LogP contribution in [0.2, 0.25) is 0 Å². The van der Waals surface area contributed by atoms with Crippen LogP contribution < -0.4 is 15.8 Å². The van der Waals surface area contributed by atoms with Crippen molar-refractivity contribution >= 4 is 45.6 Å². The molecule has 0 bridgehead atoms. The Bertz CT molecular complexity index is 2370. The van der Waals surface area contributed by atoms with Crippen LogP contribution in [0.25, 0.3) is 33.4 Å². The van der Waals surface area contributed by atoms with Crippen molar-refractivity contribution in [3.05, 3.63) is 168 Å². The number of allylic oxidation sites excluding steroid dienone is 5. The highest BCUT2D eigenvalue weighted by Gasteiger charge is 2.52. The van der Waals surface area contributed by atoms with E-state index in [1.54, 1.807) is 0 Å². The zero-order chi connectivity index (χ0) is 31.5. The Kier molecular flexibility index (Phi) is 5.37. The molecular formula is C44H35BN2. The Morgan fingerprint density at radius 2 is 1.40 bits per heavy atom. The van der Waals surface area contributed by atoms with Crippen molar-refractivity contribution in [2.75, 3.05) is 4.90 Å². The molecule has 1 atom stereocenters. The van der Waals surface area contributed by atoms with Gasteiger partial charge in [0.05, 0.1) is 0 Å². The lowest BCUT2D eigenvalue weighted by molar-refractivity contribution is 0.572. The fourth-order valence-electron chi connectivity index (χ4n) is 9.39. The summed E-state index contributed by atoms with van der Waals surface area (Å²) in [6.07, 6.45) is 10.1. The van der Waals surface area contributed by atoms with Gasteiger partial charge in [0.2, 0.25) is 6.71 Å². The monoisotopic (exact) mass is 602 g/mol. The van der Waals surface area contributed by atoms with Crippen LogP contribution in [0.4, 0.5) is 11.4 Å². The fraction of sp³-hybridized carbons (Fsp3) is 0.136. The Morgan fingerprint density at radius 3 is 2.19 bits per heavy atom. The van der Waals surface area contributed by atoms with Crippen LogP contribution in [0.5, 0.6) is 0 Å². The third kappa shape index (κ3) is 3.42. The van der Waals surface area contributed by atoms with Gasteiger partial charge >= 0.3 is 0 Å². The van der Waals surface area contributed by atoms with Gasteiger partial charge in [-0.2, -0.15) is 0 Å². The lowest BCUT2D eigenvalue weighted by atomic mass is 9.30.